The van der Waals surface area contributed by atoms with E-state index in [9.17, 15) is 0 Å². The van der Waals surface area contributed by atoms with Crippen molar-refractivity contribution in [3.05, 3.63) is 23.0 Å². The third-order valence-corrected chi connectivity index (χ3v) is 3.05. The fraction of sp³-hybridized carbons (Fsp3) is 0.538. The summed E-state index contributed by atoms with van der Waals surface area (Å²) in [4.78, 5) is 4.30. The smallest absolute Gasteiger partial charge is 0.103 e. The van der Waals surface area contributed by atoms with Gasteiger partial charge >= 0.3 is 0 Å². The van der Waals surface area contributed by atoms with E-state index < -0.39 is 0 Å². The molecule has 1 aliphatic rings. The Hall–Kier alpha value is -1.60. The molecule has 0 radical (unpaired) electrons. The van der Waals surface area contributed by atoms with E-state index in [4.69, 9.17) is 10.00 Å². The first kappa shape index (κ1) is 11.9. The number of pyridine rings is 1. The van der Waals surface area contributed by atoms with Gasteiger partial charge in [0.1, 0.15) is 6.07 Å². The number of hydrogen-bond donors (Lipinski definition) is 1. The van der Waals surface area contributed by atoms with Crippen molar-refractivity contribution in [1.29, 1.82) is 5.26 Å². The van der Waals surface area contributed by atoms with Gasteiger partial charge in [0.2, 0.25) is 0 Å². The summed E-state index contributed by atoms with van der Waals surface area (Å²) in [6.45, 7) is 6.34. The van der Waals surface area contributed by atoms with Crippen LogP contribution in [0.15, 0.2) is 6.07 Å². The lowest BCUT2D eigenvalue weighted by atomic mass is 10.1. The molecule has 17 heavy (non-hydrogen) atoms. The van der Waals surface area contributed by atoms with E-state index in [0.717, 1.165) is 43.3 Å². The first-order valence-electron chi connectivity index (χ1n) is 5.90. The van der Waals surface area contributed by atoms with Crippen molar-refractivity contribution >= 4 is 5.69 Å². The summed E-state index contributed by atoms with van der Waals surface area (Å²) < 4.78 is 5.33. The van der Waals surface area contributed by atoms with Gasteiger partial charge in [0.05, 0.1) is 23.6 Å². The second kappa shape index (κ2) is 5.15. The quantitative estimate of drug-likeness (QED) is 0.864. The highest BCUT2D eigenvalue weighted by atomic mass is 16.5. The van der Waals surface area contributed by atoms with Crippen molar-refractivity contribution in [2.24, 2.45) is 5.92 Å². The first-order valence-corrected chi connectivity index (χ1v) is 5.90. The number of nitrogens with zero attached hydrogens (tertiary/aromatic N) is 2. The number of rotatable bonds is 3. The Bertz CT molecular complexity index is 445. The van der Waals surface area contributed by atoms with Crippen molar-refractivity contribution < 1.29 is 4.74 Å². The summed E-state index contributed by atoms with van der Waals surface area (Å²) in [5.41, 5.74) is 3.27. The van der Waals surface area contributed by atoms with Gasteiger partial charge in [-0.25, -0.2) is 0 Å². The number of anilines is 1. The van der Waals surface area contributed by atoms with Crippen LogP contribution in [0.25, 0.3) is 0 Å². The Morgan fingerprint density at radius 1 is 1.59 bits per heavy atom. The third-order valence-electron chi connectivity index (χ3n) is 3.05. The maximum Gasteiger partial charge on any atom is 0.103 e. The molecule has 1 atom stereocenters. The Kier molecular flexibility index (Phi) is 3.60. The van der Waals surface area contributed by atoms with Crippen LogP contribution < -0.4 is 5.32 Å². The highest BCUT2D eigenvalue weighted by Gasteiger charge is 2.16. The van der Waals surface area contributed by atoms with Gasteiger partial charge in [0.15, 0.2) is 0 Å². The molecule has 1 aromatic rings. The summed E-state index contributed by atoms with van der Waals surface area (Å²) in [5, 5.41) is 12.5. The van der Waals surface area contributed by atoms with E-state index in [1.807, 2.05) is 19.9 Å². The minimum Gasteiger partial charge on any atom is -0.383 e. The van der Waals surface area contributed by atoms with Crippen molar-refractivity contribution in [3.63, 3.8) is 0 Å². The predicted molar refractivity (Wildman–Crippen MR) is 65.8 cm³/mol. The molecule has 4 heteroatoms. The van der Waals surface area contributed by atoms with Crippen LogP contribution in [-0.4, -0.2) is 24.7 Å². The summed E-state index contributed by atoms with van der Waals surface area (Å²) in [6.07, 6.45) is 1.10. The fourth-order valence-electron chi connectivity index (χ4n) is 2.11. The first-order chi connectivity index (χ1) is 8.20. The zero-order valence-corrected chi connectivity index (χ0v) is 10.3. The molecule has 4 nitrogen and oxygen atoms in total. The molecule has 0 saturated carbocycles. The second-order valence-corrected chi connectivity index (χ2v) is 4.49. The van der Waals surface area contributed by atoms with E-state index in [1.54, 1.807) is 0 Å². The number of nitriles is 1. The molecule has 1 aliphatic heterocycles. The lowest BCUT2D eigenvalue weighted by Gasteiger charge is -2.13. The van der Waals surface area contributed by atoms with Crippen molar-refractivity contribution in [2.75, 3.05) is 25.1 Å². The normalized spacial score (nSPS) is 19.0. The molecule has 0 spiro atoms. The summed E-state index contributed by atoms with van der Waals surface area (Å²) in [6, 6.07) is 4.14. The van der Waals surface area contributed by atoms with E-state index in [0.29, 0.717) is 11.5 Å². The van der Waals surface area contributed by atoms with Gasteiger partial charge in [0, 0.05) is 24.8 Å². The van der Waals surface area contributed by atoms with Crippen LogP contribution in [0.4, 0.5) is 5.69 Å². The average Bonchev–Trinajstić information content (AvgIpc) is 2.78. The van der Waals surface area contributed by atoms with Crippen LogP contribution in [0.1, 0.15) is 23.4 Å². The molecule has 1 unspecified atom stereocenters. The average molecular weight is 231 g/mol. The van der Waals surface area contributed by atoms with E-state index >= 15 is 0 Å². The third kappa shape index (κ3) is 2.75. The van der Waals surface area contributed by atoms with Gasteiger partial charge in [-0.15, -0.1) is 0 Å². The molecule has 0 bridgehead atoms. The highest BCUT2D eigenvalue weighted by molar-refractivity contribution is 5.59. The highest BCUT2D eigenvalue weighted by Crippen LogP contribution is 2.20. The lowest BCUT2D eigenvalue weighted by molar-refractivity contribution is 0.187. The number of nitrogens with one attached hydrogen (secondary N) is 1. The van der Waals surface area contributed by atoms with Crippen molar-refractivity contribution in [1.82, 2.24) is 4.98 Å². The van der Waals surface area contributed by atoms with Crippen LogP contribution in [-0.2, 0) is 4.74 Å². The van der Waals surface area contributed by atoms with Crippen molar-refractivity contribution in [3.8, 4) is 6.07 Å². The zero-order valence-electron chi connectivity index (χ0n) is 10.3. The molecule has 0 aliphatic carbocycles. The molecular formula is C13H17N3O. The molecule has 1 fully saturated rings. The minimum absolute atomic E-state index is 0.551. The van der Waals surface area contributed by atoms with Gasteiger partial charge in [-0.3, -0.25) is 4.98 Å². The molecule has 2 heterocycles. The molecular weight excluding hydrogens is 214 g/mol. The molecule has 1 N–H and O–H groups in total. The van der Waals surface area contributed by atoms with E-state index in [2.05, 4.69) is 16.4 Å². The standard InChI is InChI=1S/C13H17N3O/c1-9-5-13(12(6-14)10(2)16-9)15-7-11-3-4-17-8-11/h5,11H,3-4,7-8H2,1-2H3,(H,15,16). The predicted octanol–water partition coefficient (Wildman–Crippen LogP) is 2.02. The van der Waals surface area contributed by atoms with Crippen LogP contribution in [0.3, 0.4) is 0 Å². The minimum atomic E-state index is 0.551. The number of aryl methyl sites for hydroxylation is 2. The van der Waals surface area contributed by atoms with Gasteiger partial charge in [-0.05, 0) is 26.3 Å². The van der Waals surface area contributed by atoms with E-state index in [-0.39, 0.29) is 0 Å². The topological polar surface area (TPSA) is 57.9 Å². The van der Waals surface area contributed by atoms with Crippen molar-refractivity contribution in [2.45, 2.75) is 20.3 Å². The Morgan fingerprint density at radius 3 is 3.06 bits per heavy atom. The molecule has 1 saturated heterocycles. The second-order valence-electron chi connectivity index (χ2n) is 4.49. The number of hydrogen-bond acceptors (Lipinski definition) is 4. The fourth-order valence-corrected chi connectivity index (χ4v) is 2.11. The number of aromatic nitrogens is 1. The molecule has 0 amide bonds. The van der Waals surface area contributed by atoms with Gasteiger partial charge in [-0.2, -0.15) is 5.26 Å². The van der Waals surface area contributed by atoms with Gasteiger partial charge < -0.3 is 10.1 Å². The van der Waals surface area contributed by atoms with Gasteiger partial charge in [-0.1, -0.05) is 0 Å². The summed E-state index contributed by atoms with van der Waals surface area (Å²) >= 11 is 0. The molecule has 0 aromatic carbocycles. The van der Waals surface area contributed by atoms with Crippen LogP contribution >= 0.6 is 0 Å². The summed E-state index contributed by atoms with van der Waals surface area (Å²) in [5.74, 6) is 0.551. The SMILES string of the molecule is Cc1cc(NCC2CCOC2)c(C#N)c(C)n1. The molecule has 1 aromatic heterocycles. The summed E-state index contributed by atoms with van der Waals surface area (Å²) in [7, 11) is 0. The Morgan fingerprint density at radius 2 is 2.41 bits per heavy atom. The maximum absolute atomic E-state index is 9.13. The van der Waals surface area contributed by atoms with Crippen LogP contribution in [0.2, 0.25) is 0 Å². The maximum atomic E-state index is 9.13. The zero-order chi connectivity index (χ0) is 12.3. The molecule has 90 valence electrons. The van der Waals surface area contributed by atoms with Gasteiger partial charge in [0.25, 0.3) is 0 Å². The Balaban J connectivity index is 2.11. The Labute approximate surface area is 102 Å². The largest absolute Gasteiger partial charge is 0.383 e. The monoisotopic (exact) mass is 231 g/mol. The van der Waals surface area contributed by atoms with Crippen LogP contribution in [0, 0.1) is 31.1 Å². The lowest BCUT2D eigenvalue weighted by Crippen LogP contribution is -2.15. The van der Waals surface area contributed by atoms with E-state index in [1.165, 1.54) is 0 Å². The number of ether oxygens (including phenoxy) is 1. The molecule has 2 rings (SSSR count). The van der Waals surface area contributed by atoms with Crippen LogP contribution in [0.5, 0.6) is 0 Å².